The van der Waals surface area contributed by atoms with E-state index in [9.17, 15) is 9.59 Å². The fourth-order valence-electron chi connectivity index (χ4n) is 2.81. The molecule has 3 aromatic heterocycles. The van der Waals surface area contributed by atoms with Gasteiger partial charge in [-0.3, -0.25) is 14.6 Å². The van der Waals surface area contributed by atoms with Crippen LogP contribution in [0.4, 0.5) is 5.82 Å². The number of benzene rings is 1. The van der Waals surface area contributed by atoms with E-state index >= 15 is 0 Å². The molecule has 0 aliphatic rings. The zero-order valence-electron chi connectivity index (χ0n) is 15.0. The summed E-state index contributed by atoms with van der Waals surface area (Å²) in [5, 5.41) is 7.28. The van der Waals surface area contributed by atoms with E-state index in [-0.39, 0.29) is 23.8 Å². The topological polar surface area (TPSA) is 106 Å². The molecule has 4 rings (SSSR count). The predicted molar refractivity (Wildman–Crippen MR) is 103 cm³/mol. The summed E-state index contributed by atoms with van der Waals surface area (Å²) in [4.78, 5) is 31.3. The highest BCUT2D eigenvalue weighted by Crippen LogP contribution is 2.24. The number of aromatic amines is 1. The molecule has 1 aromatic carbocycles. The monoisotopic (exact) mass is 375 g/mol. The number of furan rings is 1. The van der Waals surface area contributed by atoms with Gasteiger partial charge in [0.1, 0.15) is 11.5 Å². The molecule has 1 amide bonds. The molecule has 0 aliphatic heterocycles. The van der Waals surface area contributed by atoms with Gasteiger partial charge < -0.3 is 9.73 Å². The summed E-state index contributed by atoms with van der Waals surface area (Å²) in [5.41, 5.74) is 1.62. The largest absolute Gasteiger partial charge is 0.463 e. The maximum absolute atomic E-state index is 12.5. The Morgan fingerprint density at radius 2 is 2.00 bits per heavy atom. The molecule has 0 radical (unpaired) electrons. The number of aromatic nitrogens is 4. The number of aryl methyl sites for hydroxylation is 1. The average molecular weight is 375 g/mol. The van der Waals surface area contributed by atoms with Crippen LogP contribution in [0.5, 0.6) is 0 Å². The van der Waals surface area contributed by atoms with Gasteiger partial charge in [-0.1, -0.05) is 30.3 Å². The van der Waals surface area contributed by atoms with E-state index in [2.05, 4.69) is 20.4 Å². The van der Waals surface area contributed by atoms with Crippen LogP contribution in [-0.2, 0) is 11.2 Å². The lowest BCUT2D eigenvalue weighted by molar-refractivity contribution is -0.115. The third-order valence-corrected chi connectivity index (χ3v) is 4.02. The molecule has 0 aliphatic carbocycles. The van der Waals surface area contributed by atoms with Crippen molar-refractivity contribution in [2.24, 2.45) is 0 Å². The number of carbonyl (C=O) groups is 1. The Labute approximate surface area is 159 Å². The number of carbonyl (C=O) groups excluding carboxylic acids is 1. The quantitative estimate of drug-likeness (QED) is 0.558. The zero-order valence-corrected chi connectivity index (χ0v) is 15.0. The van der Waals surface area contributed by atoms with E-state index in [1.54, 1.807) is 25.1 Å². The molecular formula is C20H17N5O3. The average Bonchev–Trinajstić information content (AvgIpc) is 3.31. The van der Waals surface area contributed by atoms with Gasteiger partial charge in [0.15, 0.2) is 5.76 Å². The lowest BCUT2D eigenvalue weighted by atomic mass is 10.1. The highest BCUT2D eigenvalue weighted by atomic mass is 16.3. The molecule has 140 valence electrons. The summed E-state index contributed by atoms with van der Waals surface area (Å²) >= 11 is 0. The normalized spacial score (nSPS) is 10.8. The van der Waals surface area contributed by atoms with Crippen LogP contribution in [0.25, 0.3) is 17.4 Å². The van der Waals surface area contributed by atoms with Gasteiger partial charge in [-0.05, 0) is 24.6 Å². The third kappa shape index (κ3) is 3.75. The Morgan fingerprint density at radius 1 is 1.18 bits per heavy atom. The first-order valence-corrected chi connectivity index (χ1v) is 8.64. The van der Waals surface area contributed by atoms with Crippen molar-refractivity contribution >= 4 is 11.7 Å². The van der Waals surface area contributed by atoms with Crippen molar-refractivity contribution in [1.29, 1.82) is 0 Å². The SMILES string of the molecule is Cc1cc(=O)[nH]c(-n2nc(-c3ccco3)cc2NC(=O)Cc2ccccc2)n1. The van der Waals surface area contributed by atoms with E-state index in [1.807, 2.05) is 30.3 Å². The number of nitrogens with zero attached hydrogens (tertiary/aromatic N) is 3. The van der Waals surface area contributed by atoms with Gasteiger partial charge in [0.25, 0.3) is 5.56 Å². The molecule has 8 nitrogen and oxygen atoms in total. The molecule has 8 heteroatoms. The van der Waals surface area contributed by atoms with E-state index < -0.39 is 0 Å². The van der Waals surface area contributed by atoms with E-state index in [1.165, 1.54) is 17.0 Å². The molecule has 28 heavy (non-hydrogen) atoms. The minimum absolute atomic E-state index is 0.206. The molecular weight excluding hydrogens is 358 g/mol. The maximum Gasteiger partial charge on any atom is 0.252 e. The lowest BCUT2D eigenvalue weighted by Crippen LogP contribution is -2.19. The van der Waals surface area contributed by atoms with Crippen LogP contribution < -0.4 is 10.9 Å². The summed E-state index contributed by atoms with van der Waals surface area (Å²) in [7, 11) is 0. The van der Waals surface area contributed by atoms with Crippen LogP contribution in [0.2, 0.25) is 0 Å². The van der Waals surface area contributed by atoms with Gasteiger partial charge in [0, 0.05) is 17.8 Å². The second kappa shape index (κ2) is 7.36. The van der Waals surface area contributed by atoms with Gasteiger partial charge in [0.05, 0.1) is 12.7 Å². The number of nitrogens with one attached hydrogen (secondary N) is 2. The Hall–Kier alpha value is -3.94. The molecule has 0 bridgehead atoms. The minimum atomic E-state index is -0.306. The molecule has 0 saturated heterocycles. The van der Waals surface area contributed by atoms with Crippen LogP contribution in [0, 0.1) is 6.92 Å². The molecule has 2 N–H and O–H groups in total. The first kappa shape index (κ1) is 17.5. The van der Waals surface area contributed by atoms with Crippen molar-refractivity contribution in [1.82, 2.24) is 19.7 Å². The summed E-state index contributed by atoms with van der Waals surface area (Å²) in [6, 6.07) is 16.0. The number of amides is 1. The Morgan fingerprint density at radius 3 is 2.71 bits per heavy atom. The van der Waals surface area contributed by atoms with Gasteiger partial charge in [-0.15, -0.1) is 0 Å². The van der Waals surface area contributed by atoms with Gasteiger partial charge in [-0.25, -0.2) is 4.98 Å². The van der Waals surface area contributed by atoms with Crippen molar-refractivity contribution in [2.75, 3.05) is 5.32 Å². The van der Waals surface area contributed by atoms with Crippen LogP contribution in [0.3, 0.4) is 0 Å². The van der Waals surface area contributed by atoms with Crippen molar-refractivity contribution in [2.45, 2.75) is 13.3 Å². The fourth-order valence-corrected chi connectivity index (χ4v) is 2.81. The second-order valence-electron chi connectivity index (χ2n) is 6.22. The molecule has 0 atom stereocenters. The molecule has 3 heterocycles. The Bertz CT molecular complexity index is 1160. The molecule has 0 saturated carbocycles. The van der Waals surface area contributed by atoms with Crippen LogP contribution in [0.15, 0.2) is 70.1 Å². The summed E-state index contributed by atoms with van der Waals surface area (Å²) in [6.07, 6.45) is 1.74. The molecule has 0 spiro atoms. The predicted octanol–water partition coefficient (Wildman–Crippen LogP) is 2.71. The Balaban J connectivity index is 1.70. The van der Waals surface area contributed by atoms with Crippen molar-refractivity contribution in [3.63, 3.8) is 0 Å². The molecule has 0 fully saturated rings. The van der Waals surface area contributed by atoms with Gasteiger partial charge in [-0.2, -0.15) is 9.78 Å². The third-order valence-electron chi connectivity index (χ3n) is 4.02. The number of rotatable bonds is 5. The zero-order chi connectivity index (χ0) is 19.5. The molecule has 4 aromatic rings. The van der Waals surface area contributed by atoms with E-state index in [0.717, 1.165) is 5.56 Å². The Kier molecular flexibility index (Phi) is 4.59. The minimum Gasteiger partial charge on any atom is -0.463 e. The van der Waals surface area contributed by atoms with Crippen LogP contribution in [-0.4, -0.2) is 25.7 Å². The van der Waals surface area contributed by atoms with Crippen LogP contribution in [0.1, 0.15) is 11.3 Å². The number of H-pyrrole nitrogens is 1. The van der Waals surface area contributed by atoms with Crippen molar-refractivity contribution < 1.29 is 9.21 Å². The molecule has 0 unspecified atom stereocenters. The number of hydrogen-bond donors (Lipinski definition) is 2. The summed E-state index contributed by atoms with van der Waals surface area (Å²) in [6.45, 7) is 1.71. The first-order valence-electron chi connectivity index (χ1n) is 8.64. The van der Waals surface area contributed by atoms with Crippen molar-refractivity contribution in [3.05, 3.63) is 82.5 Å². The number of anilines is 1. The van der Waals surface area contributed by atoms with Crippen molar-refractivity contribution in [3.8, 4) is 17.4 Å². The highest BCUT2D eigenvalue weighted by molar-refractivity contribution is 5.92. The summed E-state index contributed by atoms with van der Waals surface area (Å²) in [5.74, 6) is 0.902. The standard InChI is InChI=1S/C20H17N5O3/c1-13-10-18(26)23-20(21-13)25-17(12-15(24-25)16-8-5-9-28-16)22-19(27)11-14-6-3-2-4-7-14/h2-10,12H,11H2,1H3,(H,22,27)(H,21,23,26). The van der Waals surface area contributed by atoms with Crippen LogP contribution >= 0.6 is 0 Å². The maximum atomic E-state index is 12.5. The second-order valence-corrected chi connectivity index (χ2v) is 6.22. The smallest absolute Gasteiger partial charge is 0.252 e. The first-order chi connectivity index (χ1) is 13.6. The van der Waals surface area contributed by atoms with Gasteiger partial charge >= 0.3 is 0 Å². The number of hydrogen-bond acceptors (Lipinski definition) is 5. The fraction of sp³-hybridized carbons (Fsp3) is 0.100. The van der Waals surface area contributed by atoms with E-state index in [0.29, 0.717) is 23.0 Å². The highest BCUT2D eigenvalue weighted by Gasteiger charge is 2.17. The van der Waals surface area contributed by atoms with Gasteiger partial charge in [0.2, 0.25) is 11.9 Å². The van der Waals surface area contributed by atoms with E-state index in [4.69, 9.17) is 4.42 Å². The lowest BCUT2D eigenvalue weighted by Gasteiger charge is -2.08. The summed E-state index contributed by atoms with van der Waals surface area (Å²) < 4.78 is 6.78.